The zero-order chi connectivity index (χ0) is 16.2. The largest absolute Gasteiger partial charge is 0.367 e. The van der Waals surface area contributed by atoms with Gasteiger partial charge in [-0.1, -0.05) is 12.1 Å². The number of carbonyl (C=O) groups is 1. The number of nitrogens with zero attached hydrogens (tertiary/aromatic N) is 3. The van der Waals surface area contributed by atoms with E-state index in [0.717, 1.165) is 23.5 Å². The van der Waals surface area contributed by atoms with Gasteiger partial charge >= 0.3 is 0 Å². The van der Waals surface area contributed by atoms with E-state index in [4.69, 9.17) is 10.5 Å². The average Bonchev–Trinajstić information content (AvgIpc) is 2.56. The number of aromatic nitrogens is 2. The quantitative estimate of drug-likeness (QED) is 0.918. The number of pyridine rings is 2. The van der Waals surface area contributed by atoms with Crippen molar-refractivity contribution in [3.8, 4) is 11.4 Å². The molecule has 2 aromatic rings. The highest BCUT2D eigenvalue weighted by Gasteiger charge is 2.28. The Bertz CT molecular complexity index is 660. The number of amides is 1. The van der Waals surface area contributed by atoms with Crippen LogP contribution >= 0.6 is 0 Å². The maximum atomic E-state index is 11.4. The summed E-state index contributed by atoms with van der Waals surface area (Å²) in [4.78, 5) is 22.3. The highest BCUT2D eigenvalue weighted by atomic mass is 16.5. The molecule has 0 radical (unpaired) electrons. The summed E-state index contributed by atoms with van der Waals surface area (Å²) in [6.45, 7) is 3.95. The Morgan fingerprint density at radius 2 is 2.09 bits per heavy atom. The van der Waals surface area contributed by atoms with Gasteiger partial charge in [0.2, 0.25) is 5.91 Å². The van der Waals surface area contributed by atoms with Crippen LogP contribution in [0.5, 0.6) is 0 Å². The van der Waals surface area contributed by atoms with E-state index < -0.39 is 12.0 Å². The van der Waals surface area contributed by atoms with Crippen LogP contribution in [0.3, 0.4) is 0 Å². The normalized spacial score (nSPS) is 22.0. The molecule has 1 saturated heterocycles. The maximum absolute atomic E-state index is 11.4. The van der Waals surface area contributed by atoms with E-state index in [1.165, 1.54) is 0 Å². The van der Waals surface area contributed by atoms with Crippen LogP contribution in [0.25, 0.3) is 11.4 Å². The Hall–Kier alpha value is -2.31. The van der Waals surface area contributed by atoms with Crippen LogP contribution in [-0.4, -0.2) is 46.1 Å². The fourth-order valence-electron chi connectivity index (χ4n) is 2.77. The highest BCUT2D eigenvalue weighted by molar-refractivity contribution is 5.79. The molecule has 1 aliphatic heterocycles. The molecule has 2 N–H and O–H groups in total. The summed E-state index contributed by atoms with van der Waals surface area (Å²) < 4.78 is 5.55. The SMILES string of the molecule is C[C@@H]1CN(Cc2ccc(-c3ccccn3)nc2)CC(C(N)=O)O1. The molecule has 6 heteroatoms. The first-order valence-corrected chi connectivity index (χ1v) is 7.65. The van der Waals surface area contributed by atoms with E-state index >= 15 is 0 Å². The van der Waals surface area contributed by atoms with Crippen LogP contribution in [0.1, 0.15) is 12.5 Å². The zero-order valence-corrected chi connectivity index (χ0v) is 13.1. The Balaban J connectivity index is 1.67. The molecule has 1 amide bonds. The lowest BCUT2D eigenvalue weighted by atomic mass is 10.1. The second kappa shape index (κ2) is 6.85. The van der Waals surface area contributed by atoms with Crippen LogP contribution in [0.15, 0.2) is 42.7 Å². The molecule has 0 spiro atoms. The third-order valence-electron chi connectivity index (χ3n) is 3.81. The number of nitrogens with two attached hydrogens (primary N) is 1. The summed E-state index contributed by atoms with van der Waals surface area (Å²) in [5, 5.41) is 0. The van der Waals surface area contributed by atoms with Crippen LogP contribution in [-0.2, 0) is 16.1 Å². The lowest BCUT2D eigenvalue weighted by Gasteiger charge is -2.35. The number of hydrogen-bond acceptors (Lipinski definition) is 5. The molecule has 0 saturated carbocycles. The zero-order valence-electron chi connectivity index (χ0n) is 13.1. The number of ether oxygens (including phenoxy) is 1. The van der Waals surface area contributed by atoms with Gasteiger partial charge in [-0.25, -0.2) is 0 Å². The number of rotatable bonds is 4. The smallest absolute Gasteiger partial charge is 0.247 e. The summed E-state index contributed by atoms with van der Waals surface area (Å²) in [7, 11) is 0. The molecule has 1 aliphatic rings. The fraction of sp³-hybridized carbons (Fsp3) is 0.353. The second-order valence-electron chi connectivity index (χ2n) is 5.80. The number of morpholine rings is 1. The monoisotopic (exact) mass is 312 g/mol. The molecule has 120 valence electrons. The van der Waals surface area contributed by atoms with Crippen LogP contribution < -0.4 is 5.73 Å². The summed E-state index contributed by atoms with van der Waals surface area (Å²) >= 11 is 0. The van der Waals surface area contributed by atoms with Gasteiger partial charge in [0.25, 0.3) is 0 Å². The van der Waals surface area contributed by atoms with E-state index in [9.17, 15) is 4.79 Å². The summed E-state index contributed by atoms with van der Waals surface area (Å²) in [5.41, 5.74) is 8.15. The molecule has 1 unspecified atom stereocenters. The van der Waals surface area contributed by atoms with E-state index in [0.29, 0.717) is 13.1 Å². The molecule has 3 heterocycles. The highest BCUT2D eigenvalue weighted by Crippen LogP contribution is 2.17. The van der Waals surface area contributed by atoms with Crippen molar-refractivity contribution in [1.82, 2.24) is 14.9 Å². The topological polar surface area (TPSA) is 81.3 Å². The fourth-order valence-corrected chi connectivity index (χ4v) is 2.77. The molecule has 2 aromatic heterocycles. The van der Waals surface area contributed by atoms with Crippen LogP contribution in [0.4, 0.5) is 0 Å². The van der Waals surface area contributed by atoms with E-state index in [-0.39, 0.29) is 6.10 Å². The molecule has 0 aromatic carbocycles. The Kier molecular flexibility index (Phi) is 4.64. The third kappa shape index (κ3) is 3.91. The Morgan fingerprint density at radius 1 is 1.26 bits per heavy atom. The molecule has 3 rings (SSSR count). The first-order chi connectivity index (χ1) is 11.1. The van der Waals surface area contributed by atoms with Crippen molar-refractivity contribution >= 4 is 5.91 Å². The van der Waals surface area contributed by atoms with Gasteiger partial charge in [0.05, 0.1) is 17.5 Å². The molecule has 0 bridgehead atoms. The molecule has 6 nitrogen and oxygen atoms in total. The molecule has 1 fully saturated rings. The van der Waals surface area contributed by atoms with E-state index in [1.54, 1.807) is 6.20 Å². The minimum absolute atomic E-state index is 0.0120. The van der Waals surface area contributed by atoms with Gasteiger partial charge in [-0.3, -0.25) is 19.7 Å². The van der Waals surface area contributed by atoms with Gasteiger partial charge in [-0.2, -0.15) is 0 Å². The Morgan fingerprint density at radius 3 is 2.74 bits per heavy atom. The minimum atomic E-state index is -0.542. The first kappa shape index (κ1) is 15.6. The van der Waals surface area contributed by atoms with Gasteiger partial charge in [0, 0.05) is 32.0 Å². The minimum Gasteiger partial charge on any atom is -0.367 e. The number of primary amides is 1. The summed E-state index contributed by atoms with van der Waals surface area (Å²) in [5.74, 6) is -0.412. The maximum Gasteiger partial charge on any atom is 0.247 e. The van der Waals surface area contributed by atoms with Crippen LogP contribution in [0.2, 0.25) is 0 Å². The van der Waals surface area contributed by atoms with Gasteiger partial charge in [-0.15, -0.1) is 0 Å². The van der Waals surface area contributed by atoms with Gasteiger partial charge < -0.3 is 10.5 Å². The second-order valence-corrected chi connectivity index (χ2v) is 5.80. The molecular formula is C17H20N4O2. The van der Waals surface area contributed by atoms with Crippen molar-refractivity contribution in [2.24, 2.45) is 5.73 Å². The first-order valence-electron chi connectivity index (χ1n) is 7.65. The van der Waals surface area contributed by atoms with Crippen molar-refractivity contribution in [1.29, 1.82) is 0 Å². The number of carbonyl (C=O) groups excluding carboxylic acids is 1. The van der Waals surface area contributed by atoms with Crippen molar-refractivity contribution in [3.05, 3.63) is 48.3 Å². The van der Waals surface area contributed by atoms with Crippen molar-refractivity contribution < 1.29 is 9.53 Å². The predicted octanol–water partition coefficient (Wildman–Crippen LogP) is 1.22. The summed E-state index contributed by atoms with van der Waals surface area (Å²) in [6, 6.07) is 9.76. The standard InChI is InChI=1S/C17H20N4O2/c1-12-9-21(11-16(23-12)17(18)22)10-13-5-6-15(20-8-13)14-4-2-3-7-19-14/h2-8,12,16H,9-11H2,1H3,(H2,18,22)/t12-,16?/m1/s1. The number of hydrogen-bond donors (Lipinski definition) is 1. The molecule has 23 heavy (non-hydrogen) atoms. The Labute approximate surface area is 135 Å². The molecule has 0 aliphatic carbocycles. The van der Waals surface area contributed by atoms with Crippen LogP contribution in [0, 0.1) is 0 Å². The van der Waals surface area contributed by atoms with E-state index in [2.05, 4.69) is 14.9 Å². The van der Waals surface area contributed by atoms with Crippen molar-refractivity contribution in [3.63, 3.8) is 0 Å². The average molecular weight is 312 g/mol. The lowest BCUT2D eigenvalue weighted by Crippen LogP contribution is -2.51. The van der Waals surface area contributed by atoms with Gasteiger partial charge in [-0.05, 0) is 30.7 Å². The van der Waals surface area contributed by atoms with Crippen molar-refractivity contribution in [2.75, 3.05) is 13.1 Å². The lowest BCUT2D eigenvalue weighted by molar-refractivity contribution is -0.142. The third-order valence-corrected chi connectivity index (χ3v) is 3.81. The van der Waals surface area contributed by atoms with Gasteiger partial charge in [0.1, 0.15) is 6.10 Å². The van der Waals surface area contributed by atoms with Gasteiger partial charge in [0.15, 0.2) is 0 Å². The van der Waals surface area contributed by atoms with Crippen molar-refractivity contribution in [2.45, 2.75) is 25.7 Å². The van der Waals surface area contributed by atoms with E-state index in [1.807, 2.05) is 43.5 Å². The summed E-state index contributed by atoms with van der Waals surface area (Å²) in [6.07, 6.45) is 3.05. The molecular weight excluding hydrogens is 292 g/mol. The predicted molar refractivity (Wildman–Crippen MR) is 86.3 cm³/mol. The molecule has 2 atom stereocenters.